The number of unbranched alkanes of at least 4 members (excludes halogenated alkanes) is 10. The molecule has 0 heterocycles. The quantitative estimate of drug-likeness (QED) is 0.310. The summed E-state index contributed by atoms with van der Waals surface area (Å²) in [4.78, 5) is 2.43. The average Bonchev–Trinajstić information content (AvgIpc) is 2.45. The summed E-state index contributed by atoms with van der Waals surface area (Å²) in [5, 5.41) is 3.56. The SMILES string of the molecule is CCCCCCCCCN(C)CNCCCCCCC. The van der Waals surface area contributed by atoms with Gasteiger partial charge in [0.1, 0.15) is 0 Å². The third kappa shape index (κ3) is 16.0. The number of hydrogen-bond donors (Lipinski definition) is 1. The van der Waals surface area contributed by atoms with Crippen molar-refractivity contribution in [3.05, 3.63) is 0 Å². The van der Waals surface area contributed by atoms with Crippen molar-refractivity contribution in [1.82, 2.24) is 10.2 Å². The maximum absolute atomic E-state index is 3.56. The van der Waals surface area contributed by atoms with Crippen LogP contribution in [0.25, 0.3) is 0 Å². The zero-order valence-electron chi connectivity index (χ0n) is 14.6. The van der Waals surface area contributed by atoms with E-state index in [1.54, 1.807) is 0 Å². The molecule has 0 aromatic heterocycles. The van der Waals surface area contributed by atoms with Crippen LogP contribution in [0.2, 0.25) is 0 Å². The second-order valence-electron chi connectivity index (χ2n) is 6.27. The number of rotatable bonds is 16. The van der Waals surface area contributed by atoms with Crippen molar-refractivity contribution in [2.24, 2.45) is 0 Å². The van der Waals surface area contributed by atoms with Gasteiger partial charge >= 0.3 is 0 Å². The van der Waals surface area contributed by atoms with Gasteiger partial charge in [0.05, 0.1) is 0 Å². The lowest BCUT2D eigenvalue weighted by molar-refractivity contribution is 0.297. The van der Waals surface area contributed by atoms with Gasteiger partial charge in [0.2, 0.25) is 0 Å². The average molecular weight is 285 g/mol. The summed E-state index contributed by atoms with van der Waals surface area (Å²) in [6, 6.07) is 0. The van der Waals surface area contributed by atoms with Gasteiger partial charge in [-0.05, 0) is 33.0 Å². The molecule has 2 heteroatoms. The monoisotopic (exact) mass is 284 g/mol. The van der Waals surface area contributed by atoms with Gasteiger partial charge in [-0.25, -0.2) is 0 Å². The molecule has 0 aliphatic rings. The molecular formula is C18H40N2. The van der Waals surface area contributed by atoms with Crippen LogP contribution in [-0.4, -0.2) is 31.7 Å². The van der Waals surface area contributed by atoms with Gasteiger partial charge < -0.3 is 5.32 Å². The molecule has 0 spiro atoms. The van der Waals surface area contributed by atoms with Crippen LogP contribution in [0, 0.1) is 0 Å². The van der Waals surface area contributed by atoms with E-state index in [0.717, 1.165) is 6.67 Å². The van der Waals surface area contributed by atoms with E-state index in [1.165, 1.54) is 90.1 Å². The lowest BCUT2D eigenvalue weighted by Crippen LogP contribution is -2.32. The molecule has 2 nitrogen and oxygen atoms in total. The molecule has 0 rings (SSSR count). The molecular weight excluding hydrogens is 244 g/mol. The molecule has 0 aliphatic heterocycles. The van der Waals surface area contributed by atoms with Gasteiger partial charge in [0.15, 0.2) is 0 Å². The molecule has 0 saturated carbocycles. The van der Waals surface area contributed by atoms with Crippen molar-refractivity contribution in [2.45, 2.75) is 90.9 Å². The van der Waals surface area contributed by atoms with Crippen LogP contribution >= 0.6 is 0 Å². The second-order valence-corrected chi connectivity index (χ2v) is 6.27. The fourth-order valence-corrected chi connectivity index (χ4v) is 2.54. The minimum Gasteiger partial charge on any atom is -0.304 e. The van der Waals surface area contributed by atoms with E-state index in [4.69, 9.17) is 0 Å². The third-order valence-corrected chi connectivity index (χ3v) is 3.98. The van der Waals surface area contributed by atoms with E-state index < -0.39 is 0 Å². The van der Waals surface area contributed by atoms with Crippen molar-refractivity contribution >= 4 is 0 Å². The minimum absolute atomic E-state index is 1.06. The Bertz CT molecular complexity index is 153. The molecule has 0 aliphatic carbocycles. The predicted molar refractivity (Wildman–Crippen MR) is 92.3 cm³/mol. The Morgan fingerprint density at radius 2 is 1.15 bits per heavy atom. The van der Waals surface area contributed by atoms with Crippen LogP contribution in [0.5, 0.6) is 0 Å². The van der Waals surface area contributed by atoms with E-state index >= 15 is 0 Å². The van der Waals surface area contributed by atoms with Crippen molar-refractivity contribution in [3.63, 3.8) is 0 Å². The van der Waals surface area contributed by atoms with Gasteiger partial charge in [-0.3, -0.25) is 4.90 Å². The van der Waals surface area contributed by atoms with Crippen molar-refractivity contribution in [2.75, 3.05) is 26.8 Å². The molecule has 1 N–H and O–H groups in total. The lowest BCUT2D eigenvalue weighted by Gasteiger charge is -2.17. The lowest BCUT2D eigenvalue weighted by atomic mass is 10.1. The van der Waals surface area contributed by atoms with Gasteiger partial charge in [0, 0.05) is 6.67 Å². The predicted octanol–water partition coefficient (Wildman–Crippen LogP) is 5.19. The maximum atomic E-state index is 3.56. The molecule has 0 saturated heterocycles. The molecule has 0 fully saturated rings. The van der Waals surface area contributed by atoms with Crippen LogP contribution in [0.3, 0.4) is 0 Å². The zero-order chi connectivity index (χ0) is 14.9. The molecule has 0 amide bonds. The largest absolute Gasteiger partial charge is 0.304 e. The fraction of sp³-hybridized carbons (Fsp3) is 1.00. The van der Waals surface area contributed by atoms with Gasteiger partial charge in [-0.2, -0.15) is 0 Å². The van der Waals surface area contributed by atoms with E-state index in [9.17, 15) is 0 Å². The van der Waals surface area contributed by atoms with Crippen LogP contribution in [0.4, 0.5) is 0 Å². The first-order chi connectivity index (χ1) is 9.81. The van der Waals surface area contributed by atoms with E-state index in [-0.39, 0.29) is 0 Å². The first-order valence-electron chi connectivity index (χ1n) is 9.20. The first kappa shape index (κ1) is 19.9. The minimum atomic E-state index is 1.06. The number of nitrogens with one attached hydrogen (secondary N) is 1. The summed E-state index contributed by atoms with van der Waals surface area (Å²) in [6.07, 6.45) is 16.7. The van der Waals surface area contributed by atoms with Crippen molar-refractivity contribution in [1.29, 1.82) is 0 Å². The van der Waals surface area contributed by atoms with Gasteiger partial charge in [-0.15, -0.1) is 0 Å². The number of nitrogens with zero attached hydrogens (tertiary/aromatic N) is 1. The van der Waals surface area contributed by atoms with Crippen LogP contribution < -0.4 is 5.32 Å². The summed E-state index contributed by atoms with van der Waals surface area (Å²) in [5.74, 6) is 0. The fourth-order valence-electron chi connectivity index (χ4n) is 2.54. The Morgan fingerprint density at radius 3 is 1.75 bits per heavy atom. The van der Waals surface area contributed by atoms with E-state index in [1.807, 2.05) is 0 Å². The maximum Gasteiger partial charge on any atom is 0.0477 e. The smallest absolute Gasteiger partial charge is 0.0477 e. The van der Waals surface area contributed by atoms with Gasteiger partial charge in [-0.1, -0.05) is 78.1 Å². The highest BCUT2D eigenvalue weighted by molar-refractivity contribution is 4.53. The molecule has 0 radical (unpaired) electrons. The normalized spacial score (nSPS) is 11.4. The molecule has 0 atom stereocenters. The molecule has 20 heavy (non-hydrogen) atoms. The molecule has 0 bridgehead atoms. The summed E-state index contributed by atoms with van der Waals surface area (Å²) >= 11 is 0. The Hall–Kier alpha value is -0.0800. The van der Waals surface area contributed by atoms with Crippen molar-refractivity contribution < 1.29 is 0 Å². The highest BCUT2D eigenvalue weighted by Crippen LogP contribution is 2.07. The van der Waals surface area contributed by atoms with Crippen LogP contribution in [0.1, 0.15) is 90.9 Å². The molecule has 0 aromatic rings. The standard InChI is InChI=1S/C18H40N2/c1-4-6-8-10-11-13-15-17-20(3)18-19-16-14-12-9-7-5-2/h19H,4-18H2,1-3H3. The van der Waals surface area contributed by atoms with Crippen molar-refractivity contribution in [3.8, 4) is 0 Å². The second kappa shape index (κ2) is 17.0. The summed E-state index contributed by atoms with van der Waals surface area (Å²) in [6.45, 7) is 8.05. The Balaban J connectivity index is 3.11. The molecule has 122 valence electrons. The Kier molecular flexibility index (Phi) is 16.9. The topological polar surface area (TPSA) is 15.3 Å². The number of hydrogen-bond acceptors (Lipinski definition) is 2. The molecule has 0 unspecified atom stereocenters. The highest BCUT2D eigenvalue weighted by Gasteiger charge is 1.97. The summed E-state index contributed by atoms with van der Waals surface area (Å²) < 4.78 is 0. The summed E-state index contributed by atoms with van der Waals surface area (Å²) in [5.41, 5.74) is 0. The van der Waals surface area contributed by atoms with Crippen LogP contribution in [-0.2, 0) is 0 Å². The summed E-state index contributed by atoms with van der Waals surface area (Å²) in [7, 11) is 2.24. The van der Waals surface area contributed by atoms with Crippen LogP contribution in [0.15, 0.2) is 0 Å². The van der Waals surface area contributed by atoms with E-state index in [0.29, 0.717) is 0 Å². The molecule has 0 aromatic carbocycles. The van der Waals surface area contributed by atoms with E-state index in [2.05, 4.69) is 31.1 Å². The third-order valence-electron chi connectivity index (χ3n) is 3.98. The van der Waals surface area contributed by atoms with Gasteiger partial charge in [0.25, 0.3) is 0 Å². The first-order valence-corrected chi connectivity index (χ1v) is 9.20. The Morgan fingerprint density at radius 1 is 0.650 bits per heavy atom. The zero-order valence-corrected chi connectivity index (χ0v) is 14.6. The highest BCUT2D eigenvalue weighted by atomic mass is 15.2. The Labute approximate surface area is 128 Å².